The van der Waals surface area contributed by atoms with E-state index >= 15 is 0 Å². The van der Waals surface area contributed by atoms with Gasteiger partial charge in [-0.15, -0.1) is 0 Å². The summed E-state index contributed by atoms with van der Waals surface area (Å²) in [7, 11) is 0. The molecule has 17 heavy (non-hydrogen) atoms. The van der Waals surface area contributed by atoms with Gasteiger partial charge in [-0.25, -0.2) is 4.39 Å². The molecule has 1 rings (SSSR count). The number of carbonyl (C=O) groups excluding carboxylic acids is 1. The Balaban J connectivity index is 2.42. The highest BCUT2D eigenvalue weighted by molar-refractivity contribution is 9.10. The second-order valence-electron chi connectivity index (χ2n) is 3.75. The molecule has 0 saturated carbocycles. The number of benzene rings is 1. The van der Waals surface area contributed by atoms with Crippen LogP contribution in [0.15, 0.2) is 22.7 Å². The van der Waals surface area contributed by atoms with Gasteiger partial charge in [0.2, 0.25) is 0 Å². The Morgan fingerprint density at radius 3 is 2.94 bits per heavy atom. The van der Waals surface area contributed by atoms with Gasteiger partial charge in [0.05, 0.1) is 0 Å². The number of Topliss-reactive ketones (excluding diaryl/α,β-unsaturated/α-hetero) is 1. The van der Waals surface area contributed by atoms with Crippen molar-refractivity contribution < 1.29 is 13.9 Å². The Hall–Kier alpha value is -0.740. The lowest BCUT2D eigenvalue weighted by Crippen LogP contribution is -2.06. The lowest BCUT2D eigenvalue weighted by atomic mass is 10.1. The van der Waals surface area contributed by atoms with Crippen molar-refractivity contribution in [2.45, 2.75) is 26.2 Å². The molecule has 0 atom stereocenters. The van der Waals surface area contributed by atoms with Gasteiger partial charge >= 0.3 is 0 Å². The topological polar surface area (TPSA) is 26.3 Å². The molecule has 1 aromatic carbocycles. The van der Waals surface area contributed by atoms with Crippen molar-refractivity contribution in [2.24, 2.45) is 0 Å². The molecule has 0 N–H and O–H groups in total. The normalized spacial score (nSPS) is 10.5. The monoisotopic (exact) mass is 302 g/mol. The zero-order chi connectivity index (χ0) is 12.7. The molecule has 0 radical (unpaired) electrons. The Kier molecular flexibility index (Phi) is 6.37. The molecule has 94 valence electrons. The van der Waals surface area contributed by atoms with E-state index in [1.807, 2.05) is 6.92 Å². The maximum absolute atomic E-state index is 13.4. The van der Waals surface area contributed by atoms with Crippen LogP contribution in [0.1, 0.15) is 25.3 Å². The van der Waals surface area contributed by atoms with E-state index in [1.165, 1.54) is 6.07 Å². The second kappa shape index (κ2) is 7.56. The van der Waals surface area contributed by atoms with Gasteiger partial charge in [-0.3, -0.25) is 4.79 Å². The van der Waals surface area contributed by atoms with E-state index in [9.17, 15) is 9.18 Å². The Morgan fingerprint density at radius 2 is 2.24 bits per heavy atom. The minimum absolute atomic E-state index is 0.0432. The summed E-state index contributed by atoms with van der Waals surface area (Å²) in [5, 5.41) is 0. The van der Waals surface area contributed by atoms with Gasteiger partial charge in [0.15, 0.2) is 0 Å². The summed E-state index contributed by atoms with van der Waals surface area (Å²) in [6.45, 7) is 3.16. The molecule has 0 aromatic heterocycles. The van der Waals surface area contributed by atoms with E-state index < -0.39 is 0 Å². The quantitative estimate of drug-likeness (QED) is 0.720. The summed E-state index contributed by atoms with van der Waals surface area (Å²) in [4.78, 5) is 11.6. The number of hydrogen-bond acceptors (Lipinski definition) is 2. The Labute approximate surface area is 109 Å². The molecular formula is C13H16BrFO2. The van der Waals surface area contributed by atoms with Crippen molar-refractivity contribution >= 4 is 21.7 Å². The molecule has 0 aliphatic heterocycles. The molecule has 0 bridgehead atoms. The fourth-order valence-corrected chi connectivity index (χ4v) is 1.90. The number of ether oxygens (including phenoxy) is 1. The smallest absolute Gasteiger partial charge is 0.137 e. The van der Waals surface area contributed by atoms with E-state index in [4.69, 9.17) is 4.74 Å². The van der Waals surface area contributed by atoms with Gasteiger partial charge < -0.3 is 4.74 Å². The zero-order valence-corrected chi connectivity index (χ0v) is 11.4. The minimum Gasteiger partial charge on any atom is -0.382 e. The van der Waals surface area contributed by atoms with Crippen LogP contribution in [0, 0.1) is 5.82 Å². The van der Waals surface area contributed by atoms with Crippen LogP contribution in [-0.2, 0) is 16.0 Å². The summed E-state index contributed by atoms with van der Waals surface area (Å²) < 4.78 is 19.3. The number of rotatable bonds is 7. The van der Waals surface area contributed by atoms with E-state index in [0.717, 1.165) is 4.47 Å². The molecular weight excluding hydrogens is 287 g/mol. The molecule has 2 nitrogen and oxygen atoms in total. The van der Waals surface area contributed by atoms with Crippen molar-refractivity contribution in [3.8, 4) is 0 Å². The van der Waals surface area contributed by atoms with Crippen LogP contribution >= 0.6 is 15.9 Å². The summed E-state index contributed by atoms with van der Waals surface area (Å²) in [5.74, 6) is -0.284. The molecule has 0 spiro atoms. The average molecular weight is 303 g/mol. The van der Waals surface area contributed by atoms with Gasteiger partial charge in [-0.1, -0.05) is 15.9 Å². The Morgan fingerprint density at radius 1 is 1.47 bits per heavy atom. The van der Waals surface area contributed by atoms with Crippen LogP contribution in [0.3, 0.4) is 0 Å². The van der Waals surface area contributed by atoms with Crippen LogP contribution in [0.5, 0.6) is 0 Å². The van der Waals surface area contributed by atoms with Gasteiger partial charge in [0, 0.05) is 30.5 Å². The molecule has 4 heteroatoms. The van der Waals surface area contributed by atoms with Crippen molar-refractivity contribution in [1.82, 2.24) is 0 Å². The first-order valence-corrected chi connectivity index (χ1v) is 6.46. The number of hydrogen-bond donors (Lipinski definition) is 0. The minimum atomic E-state index is -0.327. The third kappa shape index (κ3) is 5.41. The lowest BCUT2D eigenvalue weighted by Gasteiger charge is -2.04. The average Bonchev–Trinajstić information content (AvgIpc) is 2.29. The van der Waals surface area contributed by atoms with Crippen molar-refractivity contribution in [2.75, 3.05) is 13.2 Å². The molecule has 0 saturated heterocycles. The molecule has 0 unspecified atom stereocenters. The van der Waals surface area contributed by atoms with E-state index in [1.54, 1.807) is 12.1 Å². The highest BCUT2D eigenvalue weighted by Gasteiger charge is 2.08. The summed E-state index contributed by atoms with van der Waals surface area (Å²) in [5.41, 5.74) is 0.445. The van der Waals surface area contributed by atoms with Crippen LogP contribution in [-0.4, -0.2) is 19.0 Å². The van der Waals surface area contributed by atoms with E-state index in [0.29, 0.717) is 31.6 Å². The van der Waals surface area contributed by atoms with Crippen molar-refractivity contribution in [3.05, 3.63) is 34.1 Å². The predicted octanol–water partition coefficient (Wildman–Crippen LogP) is 3.52. The first-order valence-electron chi connectivity index (χ1n) is 5.67. The summed E-state index contributed by atoms with van der Waals surface area (Å²) >= 11 is 3.26. The van der Waals surface area contributed by atoms with Crippen LogP contribution in [0.25, 0.3) is 0 Å². The van der Waals surface area contributed by atoms with Gasteiger partial charge in [0.1, 0.15) is 11.6 Å². The number of carbonyl (C=O) groups is 1. The first kappa shape index (κ1) is 14.3. The maximum atomic E-state index is 13.4. The molecule has 0 heterocycles. The summed E-state index contributed by atoms with van der Waals surface area (Å²) in [6.07, 6.45) is 1.28. The summed E-state index contributed by atoms with van der Waals surface area (Å²) in [6, 6.07) is 4.64. The van der Waals surface area contributed by atoms with Gasteiger partial charge in [-0.05, 0) is 37.1 Å². The van der Waals surface area contributed by atoms with Crippen LogP contribution in [0.2, 0.25) is 0 Å². The van der Waals surface area contributed by atoms with E-state index in [-0.39, 0.29) is 18.0 Å². The predicted molar refractivity (Wildman–Crippen MR) is 68.5 cm³/mol. The fraction of sp³-hybridized carbons (Fsp3) is 0.462. The van der Waals surface area contributed by atoms with Crippen LogP contribution in [0.4, 0.5) is 4.39 Å². The maximum Gasteiger partial charge on any atom is 0.137 e. The number of ketones is 1. The second-order valence-corrected chi connectivity index (χ2v) is 4.67. The van der Waals surface area contributed by atoms with Gasteiger partial charge in [-0.2, -0.15) is 0 Å². The molecule has 0 fully saturated rings. The highest BCUT2D eigenvalue weighted by Crippen LogP contribution is 2.16. The molecule has 0 aliphatic carbocycles. The van der Waals surface area contributed by atoms with E-state index in [2.05, 4.69) is 15.9 Å². The first-order chi connectivity index (χ1) is 8.13. The van der Waals surface area contributed by atoms with Gasteiger partial charge in [0.25, 0.3) is 0 Å². The zero-order valence-electron chi connectivity index (χ0n) is 9.84. The standard InChI is InChI=1S/C13H16BrFO2/c1-2-17-7-3-4-12(16)9-10-8-11(14)5-6-13(10)15/h5-6,8H,2-4,7,9H2,1H3. The third-order valence-electron chi connectivity index (χ3n) is 2.34. The Bertz CT molecular complexity index is 380. The SMILES string of the molecule is CCOCCCC(=O)Cc1cc(Br)ccc1F. The molecule has 1 aromatic rings. The molecule has 0 aliphatic rings. The van der Waals surface area contributed by atoms with Crippen LogP contribution < -0.4 is 0 Å². The third-order valence-corrected chi connectivity index (χ3v) is 2.84. The lowest BCUT2D eigenvalue weighted by molar-refractivity contribution is -0.118. The fourth-order valence-electron chi connectivity index (χ4n) is 1.50. The highest BCUT2D eigenvalue weighted by atomic mass is 79.9. The molecule has 0 amide bonds. The van der Waals surface area contributed by atoms with Crippen molar-refractivity contribution in [1.29, 1.82) is 0 Å². The van der Waals surface area contributed by atoms with Crippen molar-refractivity contribution in [3.63, 3.8) is 0 Å². The number of halogens is 2. The largest absolute Gasteiger partial charge is 0.382 e.